The Labute approximate surface area is 107 Å². The SMILES string of the molecule is CCOCCCNCC(C)OCCCC(C)C. The molecule has 0 spiro atoms. The average molecular weight is 245 g/mol. The van der Waals surface area contributed by atoms with Crippen molar-refractivity contribution in [2.24, 2.45) is 5.92 Å². The van der Waals surface area contributed by atoms with Crippen LogP contribution in [-0.2, 0) is 9.47 Å². The quantitative estimate of drug-likeness (QED) is 0.536. The average Bonchev–Trinajstić information content (AvgIpc) is 2.29. The van der Waals surface area contributed by atoms with E-state index in [1.807, 2.05) is 6.92 Å². The molecule has 3 nitrogen and oxygen atoms in total. The molecule has 0 rings (SSSR count). The van der Waals surface area contributed by atoms with E-state index >= 15 is 0 Å². The molecule has 1 atom stereocenters. The first-order chi connectivity index (χ1) is 8.16. The minimum atomic E-state index is 0.314. The Kier molecular flexibility index (Phi) is 12.3. The maximum absolute atomic E-state index is 5.73. The maximum Gasteiger partial charge on any atom is 0.0671 e. The van der Waals surface area contributed by atoms with E-state index < -0.39 is 0 Å². The number of hydrogen-bond acceptors (Lipinski definition) is 3. The van der Waals surface area contributed by atoms with Crippen LogP contribution in [-0.4, -0.2) is 39.0 Å². The topological polar surface area (TPSA) is 30.5 Å². The van der Waals surface area contributed by atoms with E-state index in [0.717, 1.165) is 45.2 Å². The molecule has 17 heavy (non-hydrogen) atoms. The van der Waals surface area contributed by atoms with Crippen molar-refractivity contribution in [2.75, 3.05) is 32.9 Å². The molecule has 0 fully saturated rings. The Morgan fingerprint density at radius 3 is 2.47 bits per heavy atom. The van der Waals surface area contributed by atoms with Crippen LogP contribution in [0.4, 0.5) is 0 Å². The highest BCUT2D eigenvalue weighted by molar-refractivity contribution is 4.56. The minimum Gasteiger partial charge on any atom is -0.382 e. The van der Waals surface area contributed by atoms with Crippen molar-refractivity contribution in [3.05, 3.63) is 0 Å². The minimum absolute atomic E-state index is 0.314. The molecule has 1 N–H and O–H groups in total. The summed E-state index contributed by atoms with van der Waals surface area (Å²) < 4.78 is 11.0. The normalized spacial score (nSPS) is 13.2. The van der Waals surface area contributed by atoms with Gasteiger partial charge in [0.05, 0.1) is 6.10 Å². The largest absolute Gasteiger partial charge is 0.382 e. The van der Waals surface area contributed by atoms with Crippen molar-refractivity contribution in [3.8, 4) is 0 Å². The Morgan fingerprint density at radius 2 is 1.82 bits per heavy atom. The van der Waals surface area contributed by atoms with Crippen LogP contribution in [0.25, 0.3) is 0 Å². The number of ether oxygens (including phenoxy) is 2. The first-order valence-corrected chi connectivity index (χ1v) is 7.06. The van der Waals surface area contributed by atoms with Gasteiger partial charge in [-0.05, 0) is 45.6 Å². The number of nitrogens with one attached hydrogen (secondary N) is 1. The molecule has 0 aliphatic heterocycles. The van der Waals surface area contributed by atoms with Crippen molar-refractivity contribution in [3.63, 3.8) is 0 Å². The van der Waals surface area contributed by atoms with E-state index in [0.29, 0.717) is 6.10 Å². The second-order valence-corrected chi connectivity index (χ2v) is 4.97. The first-order valence-electron chi connectivity index (χ1n) is 7.06. The lowest BCUT2D eigenvalue weighted by Gasteiger charge is -2.14. The molecule has 0 aromatic rings. The zero-order valence-electron chi connectivity index (χ0n) is 12.1. The van der Waals surface area contributed by atoms with Crippen LogP contribution >= 0.6 is 0 Å². The summed E-state index contributed by atoms with van der Waals surface area (Å²) in [6, 6.07) is 0. The standard InChI is InChI=1S/C14H31NO2/c1-5-16-10-7-9-15-12-14(4)17-11-6-8-13(2)3/h13-15H,5-12H2,1-4H3. The van der Waals surface area contributed by atoms with Gasteiger partial charge >= 0.3 is 0 Å². The molecule has 0 amide bonds. The molecule has 1 unspecified atom stereocenters. The zero-order valence-corrected chi connectivity index (χ0v) is 12.1. The lowest BCUT2D eigenvalue weighted by Crippen LogP contribution is -2.28. The van der Waals surface area contributed by atoms with Crippen molar-refractivity contribution in [2.45, 2.75) is 53.1 Å². The van der Waals surface area contributed by atoms with E-state index in [9.17, 15) is 0 Å². The van der Waals surface area contributed by atoms with Gasteiger partial charge in [0, 0.05) is 26.4 Å². The molecule has 0 aliphatic carbocycles. The fraction of sp³-hybridized carbons (Fsp3) is 1.00. The number of rotatable bonds is 12. The van der Waals surface area contributed by atoms with Crippen molar-refractivity contribution in [1.82, 2.24) is 5.32 Å². The van der Waals surface area contributed by atoms with Gasteiger partial charge in [-0.2, -0.15) is 0 Å². The molecule has 0 saturated heterocycles. The highest BCUT2D eigenvalue weighted by Gasteiger charge is 2.01. The Bertz CT molecular complexity index is 151. The molecule has 0 aromatic carbocycles. The van der Waals surface area contributed by atoms with Crippen molar-refractivity contribution < 1.29 is 9.47 Å². The lowest BCUT2D eigenvalue weighted by atomic mass is 10.1. The molecule has 0 saturated carbocycles. The molecule has 0 bridgehead atoms. The molecule has 3 heteroatoms. The third kappa shape index (κ3) is 13.8. The van der Waals surface area contributed by atoms with Gasteiger partial charge in [-0.15, -0.1) is 0 Å². The summed E-state index contributed by atoms with van der Waals surface area (Å²) in [5.41, 5.74) is 0. The van der Waals surface area contributed by atoms with Crippen LogP contribution in [0, 0.1) is 5.92 Å². The van der Waals surface area contributed by atoms with Gasteiger partial charge in [-0.25, -0.2) is 0 Å². The monoisotopic (exact) mass is 245 g/mol. The van der Waals surface area contributed by atoms with Crippen LogP contribution in [0.2, 0.25) is 0 Å². The number of hydrogen-bond donors (Lipinski definition) is 1. The molecule has 0 aromatic heterocycles. The van der Waals surface area contributed by atoms with Crippen molar-refractivity contribution >= 4 is 0 Å². The van der Waals surface area contributed by atoms with Crippen LogP contribution in [0.15, 0.2) is 0 Å². The molecule has 0 radical (unpaired) electrons. The van der Waals surface area contributed by atoms with Gasteiger partial charge in [0.15, 0.2) is 0 Å². The zero-order chi connectivity index (χ0) is 12.9. The highest BCUT2D eigenvalue weighted by Crippen LogP contribution is 2.04. The molecular formula is C14H31NO2. The first kappa shape index (κ1) is 16.9. The lowest BCUT2D eigenvalue weighted by molar-refractivity contribution is 0.0612. The molecule has 0 heterocycles. The summed E-state index contributed by atoms with van der Waals surface area (Å²) in [4.78, 5) is 0. The second-order valence-electron chi connectivity index (χ2n) is 4.97. The fourth-order valence-electron chi connectivity index (χ4n) is 1.58. The summed E-state index contributed by atoms with van der Waals surface area (Å²) in [6.07, 6.45) is 3.82. The van der Waals surface area contributed by atoms with Crippen LogP contribution in [0.3, 0.4) is 0 Å². The second kappa shape index (κ2) is 12.3. The van der Waals surface area contributed by atoms with Gasteiger partial charge in [0.25, 0.3) is 0 Å². The van der Waals surface area contributed by atoms with E-state index in [1.54, 1.807) is 0 Å². The smallest absolute Gasteiger partial charge is 0.0671 e. The van der Waals surface area contributed by atoms with Gasteiger partial charge in [-0.1, -0.05) is 13.8 Å². The van der Waals surface area contributed by atoms with Gasteiger partial charge < -0.3 is 14.8 Å². The van der Waals surface area contributed by atoms with Crippen LogP contribution in [0.1, 0.15) is 47.0 Å². The predicted molar refractivity (Wildman–Crippen MR) is 73.5 cm³/mol. The van der Waals surface area contributed by atoms with E-state index in [1.165, 1.54) is 12.8 Å². The molecule has 104 valence electrons. The van der Waals surface area contributed by atoms with Crippen molar-refractivity contribution in [1.29, 1.82) is 0 Å². The summed E-state index contributed by atoms with van der Waals surface area (Å²) in [7, 11) is 0. The van der Waals surface area contributed by atoms with E-state index in [4.69, 9.17) is 9.47 Å². The Morgan fingerprint density at radius 1 is 1.06 bits per heavy atom. The molecular weight excluding hydrogens is 214 g/mol. The van der Waals surface area contributed by atoms with E-state index in [2.05, 4.69) is 26.1 Å². The third-order valence-electron chi connectivity index (χ3n) is 2.61. The fourth-order valence-corrected chi connectivity index (χ4v) is 1.58. The Balaban J connectivity index is 3.14. The maximum atomic E-state index is 5.73. The summed E-state index contributed by atoms with van der Waals surface area (Å²) in [5.74, 6) is 0.783. The summed E-state index contributed by atoms with van der Waals surface area (Å²) >= 11 is 0. The highest BCUT2D eigenvalue weighted by atomic mass is 16.5. The molecule has 0 aliphatic rings. The summed E-state index contributed by atoms with van der Waals surface area (Å²) in [6.45, 7) is 13.2. The van der Waals surface area contributed by atoms with Gasteiger partial charge in [0.2, 0.25) is 0 Å². The third-order valence-corrected chi connectivity index (χ3v) is 2.61. The van der Waals surface area contributed by atoms with Gasteiger partial charge in [-0.3, -0.25) is 0 Å². The van der Waals surface area contributed by atoms with Crippen LogP contribution in [0.5, 0.6) is 0 Å². The van der Waals surface area contributed by atoms with Gasteiger partial charge in [0.1, 0.15) is 0 Å². The predicted octanol–water partition coefficient (Wildman–Crippen LogP) is 2.84. The Hall–Kier alpha value is -0.120. The summed E-state index contributed by atoms with van der Waals surface area (Å²) in [5, 5.41) is 3.39. The van der Waals surface area contributed by atoms with E-state index in [-0.39, 0.29) is 0 Å². The van der Waals surface area contributed by atoms with Crippen LogP contribution < -0.4 is 5.32 Å².